The molecule has 1 N–H and O–H groups in total. The topological polar surface area (TPSA) is 42.0 Å². The number of carbonyl (C=O) groups is 1. The Labute approximate surface area is 110 Å². The van der Waals surface area contributed by atoms with Gasteiger partial charge in [-0.15, -0.1) is 0 Å². The van der Waals surface area contributed by atoms with Crippen molar-refractivity contribution < 1.29 is 13.6 Å². The number of nitrogens with zero attached hydrogens (tertiary/aromatic N) is 1. The third kappa shape index (κ3) is 2.89. The van der Waals surface area contributed by atoms with Crippen LogP contribution in [0.15, 0.2) is 41.1 Å². The molecule has 2 rings (SSSR count). The van der Waals surface area contributed by atoms with Gasteiger partial charge in [0.05, 0.1) is 11.3 Å². The Morgan fingerprint density at radius 2 is 2.00 bits per heavy atom. The number of halogens is 3. The number of anilines is 1. The van der Waals surface area contributed by atoms with Gasteiger partial charge in [0.15, 0.2) is 0 Å². The zero-order chi connectivity index (χ0) is 13.1. The van der Waals surface area contributed by atoms with Gasteiger partial charge in [-0.25, -0.2) is 13.8 Å². The van der Waals surface area contributed by atoms with Crippen molar-refractivity contribution in [3.8, 4) is 0 Å². The molecule has 0 fully saturated rings. The van der Waals surface area contributed by atoms with E-state index in [1.54, 1.807) is 6.07 Å². The molecule has 0 aliphatic carbocycles. The fourth-order valence-corrected chi connectivity index (χ4v) is 1.53. The molecule has 6 heteroatoms. The first-order valence-corrected chi connectivity index (χ1v) is 5.73. The number of aromatic nitrogens is 1. The van der Waals surface area contributed by atoms with Crippen molar-refractivity contribution in [3.63, 3.8) is 0 Å². The highest BCUT2D eigenvalue weighted by Gasteiger charge is 2.10. The summed E-state index contributed by atoms with van der Waals surface area (Å²) in [4.78, 5) is 15.6. The molecule has 92 valence electrons. The maximum absolute atomic E-state index is 13.3. The minimum absolute atomic E-state index is 0.0793. The highest BCUT2D eigenvalue weighted by molar-refractivity contribution is 9.10. The minimum Gasteiger partial charge on any atom is -0.319 e. The molecule has 18 heavy (non-hydrogen) atoms. The largest absolute Gasteiger partial charge is 0.319 e. The van der Waals surface area contributed by atoms with E-state index < -0.39 is 17.5 Å². The predicted octanol–water partition coefficient (Wildman–Crippen LogP) is 3.37. The summed E-state index contributed by atoms with van der Waals surface area (Å²) in [7, 11) is 0. The second-order valence-corrected chi connectivity index (χ2v) is 4.26. The Kier molecular flexibility index (Phi) is 3.66. The summed E-state index contributed by atoms with van der Waals surface area (Å²) >= 11 is 3.14. The van der Waals surface area contributed by atoms with Gasteiger partial charge in [-0.1, -0.05) is 0 Å². The van der Waals surface area contributed by atoms with Gasteiger partial charge in [-0.05, 0) is 40.2 Å². The summed E-state index contributed by atoms with van der Waals surface area (Å²) in [6, 6.07) is 6.06. The summed E-state index contributed by atoms with van der Waals surface area (Å²) < 4.78 is 26.6. The summed E-state index contributed by atoms with van der Waals surface area (Å²) in [5, 5.41) is 2.34. The van der Waals surface area contributed by atoms with E-state index in [9.17, 15) is 13.6 Å². The molecule has 0 saturated heterocycles. The average molecular weight is 313 g/mol. The second-order valence-electron chi connectivity index (χ2n) is 3.45. The molecule has 1 amide bonds. The Bertz CT molecular complexity index is 587. The molecule has 2 aromatic rings. The zero-order valence-electron chi connectivity index (χ0n) is 8.95. The van der Waals surface area contributed by atoms with Crippen LogP contribution in [0.1, 0.15) is 10.4 Å². The number of pyridine rings is 1. The molecule has 0 radical (unpaired) electrons. The van der Waals surface area contributed by atoms with Crippen LogP contribution in [0.4, 0.5) is 14.5 Å². The molecule has 0 unspecified atom stereocenters. The third-order valence-electron chi connectivity index (χ3n) is 2.17. The number of nitrogens with one attached hydrogen (secondary N) is 1. The molecule has 0 spiro atoms. The van der Waals surface area contributed by atoms with Crippen molar-refractivity contribution in [2.24, 2.45) is 0 Å². The summed E-state index contributed by atoms with van der Waals surface area (Å²) in [6.45, 7) is 0. The van der Waals surface area contributed by atoms with Crippen LogP contribution in [0, 0.1) is 11.6 Å². The number of benzene rings is 1. The van der Waals surface area contributed by atoms with Gasteiger partial charge in [0.2, 0.25) is 0 Å². The van der Waals surface area contributed by atoms with Gasteiger partial charge < -0.3 is 5.32 Å². The zero-order valence-corrected chi connectivity index (χ0v) is 10.5. The summed E-state index contributed by atoms with van der Waals surface area (Å²) in [5.41, 5.74) is 0.200. The van der Waals surface area contributed by atoms with Crippen LogP contribution in [-0.4, -0.2) is 10.9 Å². The van der Waals surface area contributed by atoms with E-state index in [4.69, 9.17) is 0 Å². The first-order valence-electron chi connectivity index (χ1n) is 4.94. The van der Waals surface area contributed by atoms with Crippen molar-refractivity contribution in [1.29, 1.82) is 0 Å². The van der Waals surface area contributed by atoms with E-state index in [1.165, 1.54) is 12.3 Å². The first-order chi connectivity index (χ1) is 8.56. The Morgan fingerprint density at radius 1 is 1.22 bits per heavy atom. The maximum Gasteiger partial charge on any atom is 0.257 e. The number of hydrogen-bond acceptors (Lipinski definition) is 2. The molecular weight excluding hydrogens is 306 g/mol. The molecule has 0 bridgehead atoms. The molecule has 1 aromatic carbocycles. The smallest absolute Gasteiger partial charge is 0.257 e. The van der Waals surface area contributed by atoms with Crippen molar-refractivity contribution in [3.05, 3.63) is 58.3 Å². The second kappa shape index (κ2) is 5.22. The molecule has 0 saturated carbocycles. The fraction of sp³-hybridized carbons (Fsp3) is 0. The van der Waals surface area contributed by atoms with Gasteiger partial charge >= 0.3 is 0 Å². The predicted molar refractivity (Wildman–Crippen MR) is 66.2 cm³/mol. The van der Waals surface area contributed by atoms with E-state index in [0.29, 0.717) is 10.7 Å². The molecule has 3 nitrogen and oxygen atoms in total. The molecule has 0 atom stereocenters. The minimum atomic E-state index is -0.826. The highest BCUT2D eigenvalue weighted by Crippen LogP contribution is 2.16. The van der Waals surface area contributed by atoms with Gasteiger partial charge in [0, 0.05) is 12.3 Å². The monoisotopic (exact) mass is 312 g/mol. The number of carbonyl (C=O) groups excluding carboxylic acids is 1. The molecule has 0 aliphatic rings. The average Bonchev–Trinajstić information content (AvgIpc) is 2.33. The lowest BCUT2D eigenvalue weighted by Crippen LogP contribution is -2.13. The van der Waals surface area contributed by atoms with Gasteiger partial charge in [0.1, 0.15) is 16.2 Å². The first kappa shape index (κ1) is 12.6. The van der Waals surface area contributed by atoms with Crippen LogP contribution in [0.3, 0.4) is 0 Å². The van der Waals surface area contributed by atoms with Crippen LogP contribution in [0.2, 0.25) is 0 Å². The fourth-order valence-electron chi connectivity index (χ4n) is 1.30. The van der Waals surface area contributed by atoms with Gasteiger partial charge in [0.25, 0.3) is 5.91 Å². The molecule has 0 aliphatic heterocycles. The lowest BCUT2D eigenvalue weighted by atomic mass is 10.2. The lowest BCUT2D eigenvalue weighted by Gasteiger charge is -2.06. The van der Waals surface area contributed by atoms with Crippen LogP contribution in [0.25, 0.3) is 0 Å². The molecular formula is C12H7BrF2N2O. The van der Waals surface area contributed by atoms with E-state index in [2.05, 4.69) is 26.2 Å². The number of hydrogen-bond donors (Lipinski definition) is 1. The summed E-state index contributed by atoms with van der Waals surface area (Å²) in [6.07, 6.45) is 1.35. The SMILES string of the molecule is O=C(Nc1ccc(F)cc1F)c1ccc(Br)nc1. The Balaban J connectivity index is 2.18. The van der Waals surface area contributed by atoms with Crippen molar-refractivity contribution in [1.82, 2.24) is 4.98 Å². The normalized spacial score (nSPS) is 10.2. The van der Waals surface area contributed by atoms with E-state index in [1.807, 2.05) is 0 Å². The van der Waals surface area contributed by atoms with E-state index in [0.717, 1.165) is 12.1 Å². The Hall–Kier alpha value is -1.82. The van der Waals surface area contributed by atoms with Crippen molar-refractivity contribution in [2.45, 2.75) is 0 Å². The van der Waals surface area contributed by atoms with Crippen LogP contribution < -0.4 is 5.32 Å². The van der Waals surface area contributed by atoms with Crippen LogP contribution in [-0.2, 0) is 0 Å². The molecule has 1 aromatic heterocycles. The lowest BCUT2D eigenvalue weighted by molar-refractivity contribution is 0.102. The van der Waals surface area contributed by atoms with E-state index in [-0.39, 0.29) is 11.3 Å². The third-order valence-corrected chi connectivity index (χ3v) is 2.64. The number of rotatable bonds is 2. The quantitative estimate of drug-likeness (QED) is 0.864. The van der Waals surface area contributed by atoms with Gasteiger partial charge in [-0.3, -0.25) is 4.79 Å². The van der Waals surface area contributed by atoms with Crippen molar-refractivity contribution >= 4 is 27.5 Å². The molecule has 1 heterocycles. The summed E-state index contributed by atoms with van der Waals surface area (Å²) in [5.74, 6) is -2.04. The highest BCUT2D eigenvalue weighted by atomic mass is 79.9. The van der Waals surface area contributed by atoms with E-state index >= 15 is 0 Å². The van der Waals surface area contributed by atoms with Crippen molar-refractivity contribution in [2.75, 3.05) is 5.32 Å². The van der Waals surface area contributed by atoms with Crippen LogP contribution >= 0.6 is 15.9 Å². The number of amides is 1. The van der Waals surface area contributed by atoms with Crippen LogP contribution in [0.5, 0.6) is 0 Å². The maximum atomic E-state index is 13.3. The Morgan fingerprint density at radius 3 is 2.61 bits per heavy atom. The standard InChI is InChI=1S/C12H7BrF2N2O/c13-11-4-1-7(6-16-11)12(18)17-10-3-2-8(14)5-9(10)15/h1-6H,(H,17,18). The van der Waals surface area contributed by atoms with Gasteiger partial charge in [-0.2, -0.15) is 0 Å².